The molecule has 3 amide bonds. The largest absolute Gasteiger partial charge is 0.489 e. The van der Waals surface area contributed by atoms with E-state index in [0.29, 0.717) is 24.4 Å². The second-order valence-electron chi connectivity index (χ2n) is 10.6. The second kappa shape index (κ2) is 9.03. The molecule has 34 heavy (non-hydrogen) atoms. The molecule has 3 atom stereocenters. The van der Waals surface area contributed by atoms with Crippen molar-refractivity contribution < 1.29 is 19.1 Å². The molecule has 3 fully saturated rings. The maximum atomic E-state index is 12.9. The molecule has 2 aliphatic heterocycles. The van der Waals surface area contributed by atoms with Gasteiger partial charge in [0.1, 0.15) is 17.9 Å². The number of amides is 3. The van der Waals surface area contributed by atoms with E-state index in [0.717, 1.165) is 50.0 Å². The molecule has 0 radical (unpaired) electrons. The number of piperidine rings is 1. The van der Waals surface area contributed by atoms with Crippen molar-refractivity contribution in [2.75, 3.05) is 6.54 Å². The number of nitriles is 1. The van der Waals surface area contributed by atoms with Crippen molar-refractivity contribution in [3.63, 3.8) is 0 Å². The third-order valence-electron chi connectivity index (χ3n) is 7.90. The molecule has 1 aromatic rings. The molecular weight excluding hydrogens is 432 g/mol. The van der Waals surface area contributed by atoms with Crippen LogP contribution in [0.15, 0.2) is 18.2 Å². The lowest BCUT2D eigenvalue weighted by Crippen LogP contribution is -2.52. The highest BCUT2D eigenvalue weighted by Crippen LogP contribution is 2.44. The van der Waals surface area contributed by atoms with Gasteiger partial charge >= 0.3 is 0 Å². The van der Waals surface area contributed by atoms with Crippen molar-refractivity contribution >= 4 is 17.7 Å². The zero-order valence-electron chi connectivity index (χ0n) is 19.6. The monoisotopic (exact) mass is 464 g/mol. The average molecular weight is 465 g/mol. The van der Waals surface area contributed by atoms with E-state index in [1.807, 2.05) is 19.1 Å². The van der Waals surface area contributed by atoms with Crippen LogP contribution in [0.1, 0.15) is 74.2 Å². The lowest BCUT2D eigenvalue weighted by molar-refractivity contribution is -0.136. The van der Waals surface area contributed by atoms with E-state index in [9.17, 15) is 19.6 Å². The highest BCUT2D eigenvalue weighted by atomic mass is 16.5. The zero-order valence-corrected chi connectivity index (χ0v) is 19.6. The van der Waals surface area contributed by atoms with Crippen molar-refractivity contribution in [3.8, 4) is 11.8 Å². The van der Waals surface area contributed by atoms with Crippen LogP contribution < -0.4 is 15.4 Å². The molecule has 8 heteroatoms. The molecule has 2 N–H and O–H groups in total. The molecule has 1 saturated heterocycles. The number of imide groups is 1. The first-order valence-corrected chi connectivity index (χ1v) is 12.4. The SMILES string of the molecule is CC1(C#N)CC(CN[C@H]2CCCC[C@H]2Oc2ccc3c(c2)CN(C2CCC(=O)NC2=O)C3=O)C1. The molecule has 4 aliphatic rings. The van der Waals surface area contributed by atoms with Crippen LogP contribution in [0.2, 0.25) is 0 Å². The minimum Gasteiger partial charge on any atom is -0.489 e. The first kappa shape index (κ1) is 22.9. The predicted octanol–water partition coefficient (Wildman–Crippen LogP) is 2.67. The third kappa shape index (κ3) is 4.41. The Hall–Kier alpha value is -2.92. The molecule has 2 aliphatic carbocycles. The quantitative estimate of drug-likeness (QED) is 0.626. The van der Waals surface area contributed by atoms with Gasteiger partial charge in [-0.25, -0.2) is 0 Å². The van der Waals surface area contributed by atoms with Gasteiger partial charge < -0.3 is 15.0 Å². The first-order valence-electron chi connectivity index (χ1n) is 12.4. The molecule has 1 aromatic carbocycles. The lowest BCUT2D eigenvalue weighted by atomic mass is 9.64. The Balaban J connectivity index is 1.21. The van der Waals surface area contributed by atoms with Gasteiger partial charge in [-0.15, -0.1) is 0 Å². The maximum Gasteiger partial charge on any atom is 0.255 e. The molecule has 180 valence electrons. The number of nitrogens with zero attached hydrogens (tertiary/aromatic N) is 2. The van der Waals surface area contributed by atoms with Crippen LogP contribution in [-0.4, -0.2) is 47.4 Å². The van der Waals surface area contributed by atoms with Crippen LogP contribution >= 0.6 is 0 Å². The normalized spacial score (nSPS) is 33.1. The molecule has 8 nitrogen and oxygen atoms in total. The molecular formula is C26H32N4O4. The van der Waals surface area contributed by atoms with Crippen molar-refractivity contribution in [2.24, 2.45) is 11.3 Å². The third-order valence-corrected chi connectivity index (χ3v) is 7.90. The van der Waals surface area contributed by atoms with Gasteiger partial charge in [-0.05, 0) is 81.7 Å². The summed E-state index contributed by atoms with van der Waals surface area (Å²) in [5.41, 5.74) is 1.30. The van der Waals surface area contributed by atoms with Crippen molar-refractivity contribution in [2.45, 2.75) is 83.0 Å². The highest BCUT2D eigenvalue weighted by molar-refractivity contribution is 6.05. The minimum atomic E-state index is -0.608. The number of benzene rings is 1. The Labute approximate surface area is 200 Å². The summed E-state index contributed by atoms with van der Waals surface area (Å²) in [6, 6.07) is 7.66. The Morgan fingerprint density at radius 3 is 2.76 bits per heavy atom. The van der Waals surface area contributed by atoms with Crippen LogP contribution in [0.25, 0.3) is 0 Å². The molecule has 2 heterocycles. The summed E-state index contributed by atoms with van der Waals surface area (Å²) < 4.78 is 6.42. The Morgan fingerprint density at radius 1 is 1.21 bits per heavy atom. The fourth-order valence-electron chi connectivity index (χ4n) is 6.04. The molecule has 0 bridgehead atoms. The molecule has 2 saturated carbocycles. The van der Waals surface area contributed by atoms with Gasteiger partial charge in [0.25, 0.3) is 5.91 Å². The molecule has 0 spiro atoms. The Bertz CT molecular complexity index is 1040. The van der Waals surface area contributed by atoms with Crippen LogP contribution in [0.5, 0.6) is 5.75 Å². The number of nitrogens with one attached hydrogen (secondary N) is 2. The number of rotatable bonds is 6. The van der Waals surface area contributed by atoms with Gasteiger partial charge in [0.2, 0.25) is 11.8 Å². The number of ether oxygens (including phenoxy) is 1. The lowest BCUT2D eigenvalue weighted by Gasteiger charge is -2.41. The van der Waals surface area contributed by atoms with Crippen LogP contribution in [0.4, 0.5) is 0 Å². The summed E-state index contributed by atoms with van der Waals surface area (Å²) in [4.78, 5) is 38.2. The number of hydrogen-bond donors (Lipinski definition) is 2. The van der Waals surface area contributed by atoms with E-state index in [-0.39, 0.29) is 35.8 Å². The Kier molecular flexibility index (Phi) is 6.07. The smallest absolute Gasteiger partial charge is 0.255 e. The van der Waals surface area contributed by atoms with Gasteiger partial charge in [0.15, 0.2) is 0 Å². The number of carbonyl (C=O) groups excluding carboxylic acids is 3. The molecule has 0 aromatic heterocycles. The summed E-state index contributed by atoms with van der Waals surface area (Å²) in [6.07, 6.45) is 6.95. The van der Waals surface area contributed by atoms with Crippen molar-refractivity contribution in [1.29, 1.82) is 5.26 Å². The summed E-state index contributed by atoms with van der Waals surface area (Å²) in [5.74, 6) is 0.449. The van der Waals surface area contributed by atoms with Gasteiger partial charge in [0, 0.05) is 24.6 Å². The number of hydrogen-bond acceptors (Lipinski definition) is 6. The first-order chi connectivity index (χ1) is 16.3. The number of carbonyl (C=O) groups is 3. The highest BCUT2D eigenvalue weighted by Gasteiger charge is 2.41. The van der Waals surface area contributed by atoms with Gasteiger partial charge in [0.05, 0.1) is 11.5 Å². The van der Waals surface area contributed by atoms with Gasteiger partial charge in [-0.1, -0.05) is 6.42 Å². The molecule has 1 unspecified atom stereocenters. The summed E-state index contributed by atoms with van der Waals surface area (Å²) >= 11 is 0. The summed E-state index contributed by atoms with van der Waals surface area (Å²) in [6.45, 7) is 3.31. The van der Waals surface area contributed by atoms with Crippen LogP contribution in [-0.2, 0) is 16.1 Å². The van der Waals surface area contributed by atoms with Crippen molar-refractivity contribution in [3.05, 3.63) is 29.3 Å². The van der Waals surface area contributed by atoms with E-state index in [2.05, 4.69) is 16.7 Å². The zero-order chi connectivity index (χ0) is 23.9. The van der Waals surface area contributed by atoms with Crippen molar-refractivity contribution in [1.82, 2.24) is 15.5 Å². The fourth-order valence-corrected chi connectivity index (χ4v) is 6.04. The van der Waals surface area contributed by atoms with E-state index in [1.54, 1.807) is 11.0 Å². The molecule has 5 rings (SSSR count). The van der Waals surface area contributed by atoms with E-state index < -0.39 is 11.9 Å². The van der Waals surface area contributed by atoms with Crippen LogP contribution in [0.3, 0.4) is 0 Å². The predicted molar refractivity (Wildman–Crippen MR) is 124 cm³/mol. The summed E-state index contributed by atoms with van der Waals surface area (Å²) in [7, 11) is 0. The van der Waals surface area contributed by atoms with E-state index in [4.69, 9.17) is 4.74 Å². The van der Waals surface area contributed by atoms with Crippen LogP contribution in [0, 0.1) is 22.7 Å². The average Bonchev–Trinajstić information content (AvgIpc) is 3.12. The van der Waals surface area contributed by atoms with E-state index >= 15 is 0 Å². The second-order valence-corrected chi connectivity index (χ2v) is 10.6. The minimum absolute atomic E-state index is 0.0672. The maximum absolute atomic E-state index is 12.9. The van der Waals surface area contributed by atoms with Gasteiger partial charge in [-0.2, -0.15) is 5.26 Å². The van der Waals surface area contributed by atoms with E-state index in [1.165, 1.54) is 6.42 Å². The summed E-state index contributed by atoms with van der Waals surface area (Å²) in [5, 5.41) is 15.3. The fraction of sp³-hybridized carbons (Fsp3) is 0.615. The topological polar surface area (TPSA) is 112 Å². The Morgan fingerprint density at radius 2 is 2.00 bits per heavy atom. The number of fused-ring (bicyclic) bond motifs is 1. The van der Waals surface area contributed by atoms with Gasteiger partial charge in [-0.3, -0.25) is 19.7 Å². The standard InChI is InChI=1S/C26H32N4O4/c1-26(15-27)11-16(12-26)13-28-20-4-2-3-5-22(20)34-18-6-7-19-17(10-18)14-30(25(19)33)21-8-9-23(31)29-24(21)32/h6-7,10,16,20-22,28H,2-5,8-9,11-14H2,1H3,(H,29,31,32)/t16?,20-,21?,22+,26?/m0/s1.